The zero-order chi connectivity index (χ0) is 18.7. The van der Waals surface area contributed by atoms with Gasteiger partial charge in [-0.05, 0) is 56.9 Å². The quantitative estimate of drug-likeness (QED) is 0.767. The molecule has 0 spiro atoms. The van der Waals surface area contributed by atoms with Crippen LogP contribution in [0.15, 0.2) is 35.8 Å². The second-order valence-corrected chi connectivity index (χ2v) is 7.63. The number of rotatable bonds is 7. The number of urea groups is 1. The first-order valence-electron chi connectivity index (χ1n) is 8.35. The van der Waals surface area contributed by atoms with Gasteiger partial charge in [0.25, 0.3) is 0 Å². The van der Waals surface area contributed by atoms with E-state index in [-0.39, 0.29) is 6.03 Å². The number of aliphatic carboxylic acids is 1. The van der Waals surface area contributed by atoms with Crippen LogP contribution in [0.1, 0.15) is 26.7 Å². The summed E-state index contributed by atoms with van der Waals surface area (Å²) in [6, 6.07) is 6.65. The average Bonchev–Trinajstić information content (AvgIpc) is 3.27. The number of hydrogen-bond acceptors (Lipinski definition) is 5. The lowest BCUT2D eigenvalue weighted by Crippen LogP contribution is -2.38. The summed E-state index contributed by atoms with van der Waals surface area (Å²) in [6.07, 6.45) is 3.88. The molecule has 1 aliphatic carbocycles. The summed E-state index contributed by atoms with van der Waals surface area (Å²) >= 11 is 1.36. The standard InChI is InChI=1S/C18H21N3O4S/c1-18(2,15(22)23)25-14-7-5-13(6-8-14)21(11-12-3-4-12)17(24)20-16-19-9-10-26-16/h5-10,12H,3-4,11H2,1-2H3,(H,22,23)(H,19,20,24). The van der Waals surface area contributed by atoms with Crippen molar-refractivity contribution in [2.45, 2.75) is 32.3 Å². The van der Waals surface area contributed by atoms with Crippen molar-refractivity contribution in [3.63, 3.8) is 0 Å². The zero-order valence-corrected chi connectivity index (χ0v) is 15.5. The Bertz CT molecular complexity index is 770. The minimum atomic E-state index is -1.32. The molecule has 3 rings (SSSR count). The Labute approximate surface area is 155 Å². The molecule has 1 aromatic heterocycles. The molecule has 0 saturated heterocycles. The topological polar surface area (TPSA) is 91.8 Å². The van der Waals surface area contributed by atoms with Gasteiger partial charge in [-0.15, -0.1) is 11.3 Å². The van der Waals surface area contributed by atoms with Crippen LogP contribution in [0, 0.1) is 5.92 Å². The summed E-state index contributed by atoms with van der Waals surface area (Å²) in [5.74, 6) is -0.0912. The first-order valence-corrected chi connectivity index (χ1v) is 9.23. The molecule has 1 fully saturated rings. The summed E-state index contributed by atoms with van der Waals surface area (Å²) in [7, 11) is 0. The van der Waals surface area contributed by atoms with Gasteiger partial charge in [0.15, 0.2) is 10.7 Å². The van der Waals surface area contributed by atoms with Crippen molar-refractivity contribution in [3.8, 4) is 5.75 Å². The summed E-state index contributed by atoms with van der Waals surface area (Å²) in [6.45, 7) is 3.62. The highest BCUT2D eigenvalue weighted by Crippen LogP contribution is 2.32. The number of nitrogens with zero attached hydrogens (tertiary/aromatic N) is 2. The van der Waals surface area contributed by atoms with E-state index in [0.717, 1.165) is 18.5 Å². The Morgan fingerprint density at radius 3 is 2.58 bits per heavy atom. The fourth-order valence-electron chi connectivity index (χ4n) is 2.34. The molecule has 1 aliphatic rings. The molecule has 138 valence electrons. The number of benzene rings is 1. The highest BCUT2D eigenvalue weighted by atomic mass is 32.1. The van der Waals surface area contributed by atoms with Crippen LogP contribution in [0.25, 0.3) is 0 Å². The molecule has 26 heavy (non-hydrogen) atoms. The van der Waals surface area contributed by atoms with Crippen molar-refractivity contribution in [1.29, 1.82) is 0 Å². The van der Waals surface area contributed by atoms with Crippen molar-refractivity contribution in [2.24, 2.45) is 5.92 Å². The Morgan fingerprint density at radius 2 is 2.04 bits per heavy atom. The number of anilines is 2. The van der Waals surface area contributed by atoms with E-state index < -0.39 is 11.6 Å². The molecule has 1 saturated carbocycles. The number of aromatic nitrogens is 1. The molecule has 2 N–H and O–H groups in total. The molecular formula is C18H21N3O4S. The molecule has 1 heterocycles. The lowest BCUT2D eigenvalue weighted by atomic mass is 10.1. The molecule has 2 aromatic rings. The maximum absolute atomic E-state index is 12.6. The van der Waals surface area contributed by atoms with Crippen LogP contribution in [-0.4, -0.2) is 34.2 Å². The zero-order valence-electron chi connectivity index (χ0n) is 14.6. The Kier molecular flexibility index (Phi) is 5.13. The van der Waals surface area contributed by atoms with Gasteiger partial charge in [0.1, 0.15) is 5.75 Å². The Morgan fingerprint density at radius 1 is 1.35 bits per heavy atom. The summed E-state index contributed by atoms with van der Waals surface area (Å²) in [5, 5.41) is 14.3. The predicted octanol–water partition coefficient (Wildman–Crippen LogP) is 3.83. The molecule has 0 radical (unpaired) electrons. The van der Waals surface area contributed by atoms with E-state index in [1.54, 1.807) is 40.7 Å². The van der Waals surface area contributed by atoms with Gasteiger partial charge in [-0.25, -0.2) is 14.6 Å². The van der Waals surface area contributed by atoms with Crippen molar-refractivity contribution < 1.29 is 19.4 Å². The van der Waals surface area contributed by atoms with Gasteiger partial charge in [-0.2, -0.15) is 0 Å². The number of amides is 2. The van der Waals surface area contributed by atoms with Gasteiger partial charge < -0.3 is 9.84 Å². The monoisotopic (exact) mass is 375 g/mol. The minimum Gasteiger partial charge on any atom is -0.478 e. The highest BCUT2D eigenvalue weighted by Gasteiger charge is 2.30. The second kappa shape index (κ2) is 7.33. The summed E-state index contributed by atoms with van der Waals surface area (Å²) < 4.78 is 5.51. The van der Waals surface area contributed by atoms with E-state index in [4.69, 9.17) is 9.84 Å². The lowest BCUT2D eigenvalue weighted by molar-refractivity contribution is -0.152. The van der Waals surface area contributed by atoms with Gasteiger partial charge in [0.2, 0.25) is 0 Å². The van der Waals surface area contributed by atoms with E-state index in [1.165, 1.54) is 25.2 Å². The molecule has 7 nitrogen and oxygen atoms in total. The molecule has 8 heteroatoms. The average molecular weight is 375 g/mol. The van der Waals surface area contributed by atoms with Crippen LogP contribution < -0.4 is 15.0 Å². The molecule has 0 aliphatic heterocycles. The SMILES string of the molecule is CC(C)(Oc1ccc(N(CC2CC2)C(=O)Nc2nccs2)cc1)C(=O)O. The normalized spacial score (nSPS) is 13.9. The number of carboxylic acids is 1. The number of nitrogens with one attached hydrogen (secondary N) is 1. The van der Waals surface area contributed by atoms with E-state index >= 15 is 0 Å². The van der Waals surface area contributed by atoms with Gasteiger partial charge in [-0.3, -0.25) is 10.2 Å². The van der Waals surface area contributed by atoms with Crippen LogP contribution in [0.5, 0.6) is 5.75 Å². The van der Waals surface area contributed by atoms with Crippen molar-refractivity contribution in [1.82, 2.24) is 4.98 Å². The maximum Gasteiger partial charge on any atom is 0.347 e. The molecule has 1 aromatic carbocycles. The molecule has 0 unspecified atom stereocenters. The van der Waals surface area contributed by atoms with E-state index in [9.17, 15) is 9.59 Å². The van der Waals surface area contributed by atoms with Gasteiger partial charge in [-0.1, -0.05) is 0 Å². The number of ether oxygens (including phenoxy) is 1. The fraction of sp³-hybridized carbons (Fsp3) is 0.389. The fourth-order valence-corrected chi connectivity index (χ4v) is 2.86. The van der Waals surface area contributed by atoms with Crippen molar-refractivity contribution >= 4 is 34.2 Å². The van der Waals surface area contributed by atoms with Gasteiger partial charge in [0.05, 0.1) is 0 Å². The van der Waals surface area contributed by atoms with E-state index in [2.05, 4.69) is 10.3 Å². The lowest BCUT2D eigenvalue weighted by Gasteiger charge is -2.24. The Hall–Kier alpha value is -2.61. The summed E-state index contributed by atoms with van der Waals surface area (Å²) in [4.78, 5) is 29.6. The number of carbonyl (C=O) groups is 2. The van der Waals surface area contributed by atoms with Gasteiger partial charge in [0, 0.05) is 23.8 Å². The number of hydrogen-bond donors (Lipinski definition) is 2. The molecular weight excluding hydrogens is 354 g/mol. The van der Waals surface area contributed by atoms with Crippen molar-refractivity contribution in [2.75, 3.05) is 16.8 Å². The number of thiazole rings is 1. The third kappa shape index (κ3) is 4.51. The number of carbonyl (C=O) groups excluding carboxylic acids is 1. The molecule has 0 atom stereocenters. The smallest absolute Gasteiger partial charge is 0.347 e. The highest BCUT2D eigenvalue weighted by molar-refractivity contribution is 7.13. The van der Waals surface area contributed by atoms with Crippen LogP contribution in [0.3, 0.4) is 0 Å². The van der Waals surface area contributed by atoms with Crippen LogP contribution in [0.2, 0.25) is 0 Å². The van der Waals surface area contributed by atoms with Crippen LogP contribution in [-0.2, 0) is 4.79 Å². The predicted molar refractivity (Wildman–Crippen MR) is 100.0 cm³/mol. The van der Waals surface area contributed by atoms with Gasteiger partial charge >= 0.3 is 12.0 Å². The van der Waals surface area contributed by atoms with E-state index in [0.29, 0.717) is 23.3 Å². The van der Waals surface area contributed by atoms with Crippen molar-refractivity contribution in [3.05, 3.63) is 35.8 Å². The first-order chi connectivity index (χ1) is 12.3. The van der Waals surface area contributed by atoms with Crippen LogP contribution in [0.4, 0.5) is 15.6 Å². The largest absolute Gasteiger partial charge is 0.478 e. The maximum atomic E-state index is 12.6. The number of carboxylic acid groups (broad SMARTS) is 1. The summed E-state index contributed by atoms with van der Waals surface area (Å²) in [5.41, 5.74) is -0.594. The minimum absolute atomic E-state index is 0.230. The molecule has 0 bridgehead atoms. The second-order valence-electron chi connectivity index (χ2n) is 6.73. The van der Waals surface area contributed by atoms with E-state index in [1.807, 2.05) is 0 Å². The third-order valence-electron chi connectivity index (χ3n) is 4.07. The first kappa shape index (κ1) is 18.2. The Balaban J connectivity index is 1.74. The third-order valence-corrected chi connectivity index (χ3v) is 4.75. The van der Waals surface area contributed by atoms with Crippen LogP contribution >= 0.6 is 11.3 Å². The molecule has 2 amide bonds.